The van der Waals surface area contributed by atoms with Crippen LogP contribution in [0.25, 0.3) is 0 Å². The highest BCUT2D eigenvalue weighted by molar-refractivity contribution is 5.65. The first kappa shape index (κ1) is 11.3. The lowest BCUT2D eigenvalue weighted by Gasteiger charge is -2.10. The van der Waals surface area contributed by atoms with Gasteiger partial charge in [0.05, 0.1) is 16.2 Å². The van der Waals surface area contributed by atoms with Gasteiger partial charge in [-0.3, -0.25) is 10.1 Å². The number of hydrogen-bond acceptors (Lipinski definition) is 4. The molecule has 0 saturated carbocycles. The molecule has 1 aromatic rings. The molecule has 0 radical (unpaired) electrons. The fourth-order valence-corrected chi connectivity index (χ4v) is 1.43. The van der Waals surface area contributed by atoms with Crippen molar-refractivity contribution >= 4 is 11.4 Å². The molecule has 5 heteroatoms. The minimum atomic E-state index is -0.479. The van der Waals surface area contributed by atoms with Crippen LogP contribution in [0.3, 0.4) is 0 Å². The second-order valence-corrected chi connectivity index (χ2v) is 3.85. The summed E-state index contributed by atoms with van der Waals surface area (Å²) in [6.45, 7) is 3.88. The van der Waals surface area contributed by atoms with E-state index in [1.165, 1.54) is 12.1 Å². The van der Waals surface area contributed by atoms with Crippen molar-refractivity contribution in [2.75, 3.05) is 5.73 Å². The molecule has 0 atom stereocenters. The van der Waals surface area contributed by atoms with Crippen LogP contribution >= 0.6 is 0 Å². The first-order valence-electron chi connectivity index (χ1n) is 4.68. The van der Waals surface area contributed by atoms with E-state index in [2.05, 4.69) is 0 Å². The zero-order valence-corrected chi connectivity index (χ0v) is 8.73. The van der Waals surface area contributed by atoms with Crippen LogP contribution in [0.5, 0.6) is 5.75 Å². The van der Waals surface area contributed by atoms with E-state index in [4.69, 9.17) is 5.73 Å². The normalized spacial score (nSPS) is 10.6. The molecule has 0 aliphatic rings. The van der Waals surface area contributed by atoms with E-state index < -0.39 is 4.92 Å². The van der Waals surface area contributed by atoms with E-state index in [0.717, 1.165) is 0 Å². The molecule has 0 spiro atoms. The molecule has 3 N–H and O–H groups in total. The van der Waals surface area contributed by atoms with Crippen LogP contribution in [-0.4, -0.2) is 10.0 Å². The van der Waals surface area contributed by atoms with Crippen molar-refractivity contribution in [2.45, 2.75) is 20.3 Å². The number of nitro benzene ring substituents is 1. The molecule has 1 aromatic carbocycles. The third kappa shape index (κ3) is 2.37. The molecular formula is C10H14N2O3. The number of nitrogens with two attached hydrogens (primary N) is 1. The summed E-state index contributed by atoms with van der Waals surface area (Å²) in [6.07, 6.45) is 0.483. The van der Waals surface area contributed by atoms with Crippen molar-refractivity contribution in [1.29, 1.82) is 0 Å². The van der Waals surface area contributed by atoms with Gasteiger partial charge in [0.1, 0.15) is 5.75 Å². The molecular weight excluding hydrogens is 196 g/mol. The fourth-order valence-electron chi connectivity index (χ4n) is 1.43. The number of nitro groups is 1. The maximum Gasteiger partial charge on any atom is 0.274 e. The smallest absolute Gasteiger partial charge is 0.274 e. The Hall–Kier alpha value is -1.78. The fraction of sp³-hybridized carbons (Fsp3) is 0.400. The van der Waals surface area contributed by atoms with Gasteiger partial charge in [-0.1, -0.05) is 13.8 Å². The number of nitrogens with zero attached hydrogens (tertiary/aromatic N) is 1. The Morgan fingerprint density at radius 1 is 1.53 bits per heavy atom. The molecule has 0 saturated heterocycles. The average Bonchev–Trinajstić information content (AvgIpc) is 2.12. The quantitative estimate of drug-likeness (QED) is 0.346. The van der Waals surface area contributed by atoms with Gasteiger partial charge in [0.15, 0.2) is 0 Å². The van der Waals surface area contributed by atoms with Crippen LogP contribution in [0, 0.1) is 16.0 Å². The van der Waals surface area contributed by atoms with E-state index in [1.54, 1.807) is 0 Å². The highest BCUT2D eigenvalue weighted by Crippen LogP contribution is 2.33. The topological polar surface area (TPSA) is 89.4 Å². The van der Waals surface area contributed by atoms with Crippen molar-refractivity contribution in [3.8, 4) is 5.75 Å². The van der Waals surface area contributed by atoms with Gasteiger partial charge in [0.25, 0.3) is 5.69 Å². The van der Waals surface area contributed by atoms with E-state index in [1.807, 2.05) is 13.8 Å². The summed E-state index contributed by atoms with van der Waals surface area (Å²) in [5, 5.41) is 20.1. The maximum atomic E-state index is 10.7. The standard InChI is InChI=1S/C10H14N2O3/c1-6(2)5-7-8(12(14)15)3-4-9(13)10(7)11/h3-4,6,13H,5,11H2,1-2H3. The van der Waals surface area contributed by atoms with Gasteiger partial charge in [0, 0.05) is 6.07 Å². The maximum absolute atomic E-state index is 10.7. The lowest BCUT2D eigenvalue weighted by Crippen LogP contribution is -2.04. The Morgan fingerprint density at radius 2 is 2.13 bits per heavy atom. The molecule has 0 unspecified atom stereocenters. The van der Waals surface area contributed by atoms with Gasteiger partial charge in [-0.25, -0.2) is 0 Å². The molecule has 0 heterocycles. The summed E-state index contributed by atoms with van der Waals surface area (Å²) in [5.74, 6) is 0.143. The van der Waals surface area contributed by atoms with Crippen LogP contribution in [-0.2, 0) is 6.42 Å². The van der Waals surface area contributed by atoms with E-state index in [0.29, 0.717) is 12.0 Å². The molecule has 0 aromatic heterocycles. The highest BCUT2D eigenvalue weighted by Gasteiger charge is 2.19. The lowest BCUT2D eigenvalue weighted by molar-refractivity contribution is -0.385. The van der Waals surface area contributed by atoms with Gasteiger partial charge in [-0.15, -0.1) is 0 Å². The molecule has 0 bridgehead atoms. The van der Waals surface area contributed by atoms with Crippen molar-refractivity contribution < 1.29 is 10.0 Å². The monoisotopic (exact) mass is 210 g/mol. The Labute approximate surface area is 87.7 Å². The average molecular weight is 210 g/mol. The zero-order valence-electron chi connectivity index (χ0n) is 8.73. The summed E-state index contributed by atoms with van der Waals surface area (Å²) in [5.41, 5.74) is 6.11. The number of benzene rings is 1. The summed E-state index contributed by atoms with van der Waals surface area (Å²) < 4.78 is 0. The minimum Gasteiger partial charge on any atom is -0.506 e. The summed E-state index contributed by atoms with van der Waals surface area (Å²) >= 11 is 0. The number of phenolic OH excluding ortho intramolecular Hbond substituents is 1. The molecule has 0 aliphatic heterocycles. The van der Waals surface area contributed by atoms with Gasteiger partial charge in [-0.2, -0.15) is 0 Å². The largest absolute Gasteiger partial charge is 0.506 e. The van der Waals surface area contributed by atoms with Gasteiger partial charge in [-0.05, 0) is 18.4 Å². The molecule has 0 amide bonds. The first-order chi connectivity index (χ1) is 6.93. The molecule has 15 heavy (non-hydrogen) atoms. The molecule has 5 nitrogen and oxygen atoms in total. The third-order valence-corrected chi connectivity index (χ3v) is 2.12. The number of rotatable bonds is 3. The van der Waals surface area contributed by atoms with Crippen molar-refractivity contribution in [2.24, 2.45) is 5.92 Å². The van der Waals surface area contributed by atoms with E-state index >= 15 is 0 Å². The van der Waals surface area contributed by atoms with Crippen molar-refractivity contribution in [3.63, 3.8) is 0 Å². The summed E-state index contributed by atoms with van der Waals surface area (Å²) in [4.78, 5) is 10.3. The second kappa shape index (κ2) is 4.16. The van der Waals surface area contributed by atoms with Crippen LogP contribution in [0.1, 0.15) is 19.4 Å². The highest BCUT2D eigenvalue weighted by atomic mass is 16.6. The predicted octanol–water partition coefficient (Wildman–Crippen LogP) is 2.08. The van der Waals surface area contributed by atoms with Gasteiger partial charge in [0.2, 0.25) is 0 Å². The summed E-state index contributed by atoms with van der Waals surface area (Å²) in [7, 11) is 0. The van der Waals surface area contributed by atoms with Crippen molar-refractivity contribution in [3.05, 3.63) is 27.8 Å². The number of aromatic hydroxyl groups is 1. The Bertz CT molecular complexity index is 388. The van der Waals surface area contributed by atoms with Crippen LogP contribution in [0.15, 0.2) is 12.1 Å². The van der Waals surface area contributed by atoms with Gasteiger partial charge >= 0.3 is 0 Å². The van der Waals surface area contributed by atoms with E-state index in [9.17, 15) is 15.2 Å². The number of nitrogen functional groups attached to an aromatic ring is 1. The Kier molecular flexibility index (Phi) is 3.14. The second-order valence-electron chi connectivity index (χ2n) is 3.85. The third-order valence-electron chi connectivity index (χ3n) is 2.12. The first-order valence-corrected chi connectivity index (χ1v) is 4.68. The van der Waals surface area contributed by atoms with Crippen LogP contribution < -0.4 is 5.73 Å². The number of phenols is 1. The number of anilines is 1. The Balaban J connectivity index is 3.28. The van der Waals surface area contributed by atoms with E-state index in [-0.39, 0.29) is 23.0 Å². The lowest BCUT2D eigenvalue weighted by atomic mass is 9.99. The molecule has 1 rings (SSSR count). The van der Waals surface area contributed by atoms with Crippen LogP contribution in [0.4, 0.5) is 11.4 Å². The summed E-state index contributed by atoms with van der Waals surface area (Å²) in [6, 6.07) is 2.53. The molecule has 82 valence electrons. The molecule has 0 fully saturated rings. The zero-order chi connectivity index (χ0) is 11.6. The van der Waals surface area contributed by atoms with Crippen LogP contribution in [0.2, 0.25) is 0 Å². The number of hydrogen-bond donors (Lipinski definition) is 2. The SMILES string of the molecule is CC(C)Cc1c([N+](=O)[O-])ccc(O)c1N. The van der Waals surface area contributed by atoms with Crippen molar-refractivity contribution in [1.82, 2.24) is 0 Å². The minimum absolute atomic E-state index is 0.0287. The Morgan fingerprint density at radius 3 is 2.60 bits per heavy atom. The predicted molar refractivity (Wildman–Crippen MR) is 57.7 cm³/mol. The molecule has 0 aliphatic carbocycles. The van der Waals surface area contributed by atoms with Gasteiger partial charge < -0.3 is 10.8 Å².